The molecule has 62 valence electrons. The van der Waals surface area contributed by atoms with E-state index in [0.29, 0.717) is 12.0 Å². The minimum Gasteiger partial charge on any atom is -0.323 e. The molecule has 0 aliphatic rings. The van der Waals surface area contributed by atoms with Crippen LogP contribution in [0.2, 0.25) is 0 Å². The standard InChI is InChI=1S/C8H13IN2/c1-6(2)7(3)11-5-4-10-8(11)9/h4-7H,1-3H3. The third kappa shape index (κ3) is 1.95. The average Bonchev–Trinajstić information content (AvgIpc) is 2.33. The zero-order valence-electron chi connectivity index (χ0n) is 7.08. The van der Waals surface area contributed by atoms with Crippen molar-refractivity contribution in [3.05, 3.63) is 16.2 Å². The molecule has 0 bridgehead atoms. The summed E-state index contributed by atoms with van der Waals surface area (Å²) in [6.45, 7) is 6.66. The van der Waals surface area contributed by atoms with Crippen LogP contribution in [0.3, 0.4) is 0 Å². The summed E-state index contributed by atoms with van der Waals surface area (Å²) in [6, 6.07) is 0.546. The van der Waals surface area contributed by atoms with Gasteiger partial charge in [-0.2, -0.15) is 0 Å². The van der Waals surface area contributed by atoms with E-state index in [1.54, 1.807) is 0 Å². The van der Waals surface area contributed by atoms with Gasteiger partial charge in [0.15, 0.2) is 3.83 Å². The van der Waals surface area contributed by atoms with Crippen molar-refractivity contribution < 1.29 is 0 Å². The Kier molecular flexibility index (Phi) is 2.92. The Labute approximate surface area is 81.2 Å². The molecule has 0 N–H and O–H groups in total. The topological polar surface area (TPSA) is 17.8 Å². The molecule has 0 aromatic carbocycles. The summed E-state index contributed by atoms with van der Waals surface area (Å²) in [5.74, 6) is 0.665. The predicted octanol–water partition coefficient (Wildman–Crippen LogP) is 2.70. The zero-order valence-corrected chi connectivity index (χ0v) is 9.24. The van der Waals surface area contributed by atoms with E-state index in [4.69, 9.17) is 0 Å². The molecule has 0 amide bonds. The average molecular weight is 264 g/mol. The lowest BCUT2D eigenvalue weighted by Crippen LogP contribution is -2.11. The van der Waals surface area contributed by atoms with Crippen molar-refractivity contribution in [1.82, 2.24) is 9.55 Å². The molecule has 1 aromatic rings. The van der Waals surface area contributed by atoms with Crippen LogP contribution >= 0.6 is 22.6 Å². The van der Waals surface area contributed by atoms with Gasteiger partial charge in [0.1, 0.15) is 0 Å². The number of nitrogens with zero attached hydrogens (tertiary/aromatic N) is 2. The SMILES string of the molecule is CC(C)C(C)n1ccnc1I. The number of hydrogen-bond donors (Lipinski definition) is 0. The van der Waals surface area contributed by atoms with Crippen molar-refractivity contribution in [3.63, 3.8) is 0 Å². The largest absolute Gasteiger partial charge is 0.323 e. The fraction of sp³-hybridized carbons (Fsp3) is 0.625. The molecule has 1 unspecified atom stereocenters. The summed E-state index contributed by atoms with van der Waals surface area (Å²) < 4.78 is 3.27. The van der Waals surface area contributed by atoms with Crippen LogP contribution in [-0.4, -0.2) is 9.55 Å². The van der Waals surface area contributed by atoms with Crippen LogP contribution in [0.25, 0.3) is 0 Å². The molecule has 11 heavy (non-hydrogen) atoms. The zero-order chi connectivity index (χ0) is 8.43. The number of halogens is 1. The molecule has 1 rings (SSSR count). The molecular weight excluding hydrogens is 251 g/mol. The van der Waals surface area contributed by atoms with Gasteiger partial charge in [0.2, 0.25) is 0 Å². The second kappa shape index (κ2) is 3.56. The summed E-state index contributed by atoms with van der Waals surface area (Å²) in [5.41, 5.74) is 0. The molecule has 0 saturated carbocycles. The van der Waals surface area contributed by atoms with Crippen molar-refractivity contribution in [1.29, 1.82) is 0 Å². The third-order valence-corrected chi connectivity index (χ3v) is 2.86. The van der Waals surface area contributed by atoms with Crippen LogP contribution in [0.1, 0.15) is 26.8 Å². The quantitative estimate of drug-likeness (QED) is 0.751. The van der Waals surface area contributed by atoms with Crippen LogP contribution < -0.4 is 0 Å². The van der Waals surface area contributed by atoms with Crippen molar-refractivity contribution in [3.8, 4) is 0 Å². The number of hydrogen-bond acceptors (Lipinski definition) is 1. The fourth-order valence-corrected chi connectivity index (χ4v) is 1.68. The van der Waals surface area contributed by atoms with Gasteiger partial charge in [-0.15, -0.1) is 0 Å². The van der Waals surface area contributed by atoms with E-state index in [0.717, 1.165) is 3.83 Å². The Bertz CT molecular complexity index is 230. The summed E-state index contributed by atoms with van der Waals surface area (Å²) in [5, 5.41) is 0. The van der Waals surface area contributed by atoms with Gasteiger partial charge in [0, 0.05) is 18.4 Å². The molecular formula is C8H13IN2. The molecule has 0 fully saturated rings. The van der Waals surface area contributed by atoms with E-state index in [9.17, 15) is 0 Å². The van der Waals surface area contributed by atoms with Gasteiger partial charge in [-0.25, -0.2) is 4.98 Å². The molecule has 0 aliphatic carbocycles. The highest BCUT2D eigenvalue weighted by Gasteiger charge is 2.10. The maximum Gasteiger partial charge on any atom is 0.171 e. The molecule has 2 nitrogen and oxygen atoms in total. The molecule has 0 spiro atoms. The van der Waals surface area contributed by atoms with Crippen LogP contribution in [0.5, 0.6) is 0 Å². The summed E-state index contributed by atoms with van der Waals surface area (Å²) in [6.07, 6.45) is 3.88. The minimum atomic E-state index is 0.546. The molecule has 1 atom stereocenters. The first-order valence-electron chi connectivity index (χ1n) is 3.81. The highest BCUT2D eigenvalue weighted by molar-refractivity contribution is 14.1. The van der Waals surface area contributed by atoms with Gasteiger partial charge >= 0.3 is 0 Å². The maximum atomic E-state index is 4.17. The normalized spacial score (nSPS) is 13.9. The van der Waals surface area contributed by atoms with Gasteiger partial charge in [-0.3, -0.25) is 0 Å². The Balaban J connectivity index is 2.84. The maximum absolute atomic E-state index is 4.17. The van der Waals surface area contributed by atoms with Gasteiger partial charge in [0.05, 0.1) is 0 Å². The van der Waals surface area contributed by atoms with E-state index in [2.05, 4.69) is 52.9 Å². The van der Waals surface area contributed by atoms with E-state index in [1.165, 1.54) is 0 Å². The van der Waals surface area contributed by atoms with Crippen LogP contribution in [-0.2, 0) is 0 Å². The van der Waals surface area contributed by atoms with Gasteiger partial charge in [-0.05, 0) is 35.4 Å². The molecule has 0 saturated heterocycles. The molecule has 1 aromatic heterocycles. The minimum absolute atomic E-state index is 0.546. The van der Waals surface area contributed by atoms with E-state index < -0.39 is 0 Å². The Morgan fingerprint density at radius 2 is 2.09 bits per heavy atom. The molecule has 0 aliphatic heterocycles. The Morgan fingerprint density at radius 1 is 1.45 bits per heavy atom. The summed E-state index contributed by atoms with van der Waals surface area (Å²) >= 11 is 2.26. The van der Waals surface area contributed by atoms with Crippen LogP contribution in [0.4, 0.5) is 0 Å². The molecule has 3 heteroatoms. The predicted molar refractivity (Wildman–Crippen MR) is 54.5 cm³/mol. The van der Waals surface area contributed by atoms with Crippen molar-refractivity contribution >= 4 is 22.6 Å². The van der Waals surface area contributed by atoms with Crippen molar-refractivity contribution in [2.24, 2.45) is 5.92 Å². The number of aromatic nitrogens is 2. The van der Waals surface area contributed by atoms with Crippen LogP contribution in [0, 0.1) is 9.75 Å². The van der Waals surface area contributed by atoms with Gasteiger partial charge < -0.3 is 4.57 Å². The number of imidazole rings is 1. The highest BCUT2D eigenvalue weighted by atomic mass is 127. The smallest absolute Gasteiger partial charge is 0.171 e. The summed E-state index contributed by atoms with van der Waals surface area (Å²) in [4.78, 5) is 4.17. The Hall–Kier alpha value is -0.0600. The lowest BCUT2D eigenvalue weighted by Gasteiger charge is -2.17. The molecule has 1 heterocycles. The first-order chi connectivity index (χ1) is 5.13. The van der Waals surface area contributed by atoms with E-state index in [1.807, 2.05) is 12.4 Å². The van der Waals surface area contributed by atoms with Gasteiger partial charge in [0.25, 0.3) is 0 Å². The van der Waals surface area contributed by atoms with Crippen LogP contribution in [0.15, 0.2) is 12.4 Å². The monoisotopic (exact) mass is 264 g/mol. The Morgan fingerprint density at radius 3 is 2.45 bits per heavy atom. The molecule has 0 radical (unpaired) electrons. The van der Waals surface area contributed by atoms with E-state index >= 15 is 0 Å². The highest BCUT2D eigenvalue weighted by Crippen LogP contribution is 2.18. The summed E-state index contributed by atoms with van der Waals surface area (Å²) in [7, 11) is 0. The second-order valence-electron chi connectivity index (χ2n) is 3.09. The first kappa shape index (κ1) is 9.03. The van der Waals surface area contributed by atoms with Crippen molar-refractivity contribution in [2.45, 2.75) is 26.8 Å². The van der Waals surface area contributed by atoms with Gasteiger partial charge in [-0.1, -0.05) is 13.8 Å². The number of rotatable bonds is 2. The lowest BCUT2D eigenvalue weighted by atomic mass is 10.1. The first-order valence-corrected chi connectivity index (χ1v) is 4.89. The third-order valence-electron chi connectivity index (χ3n) is 2.02. The van der Waals surface area contributed by atoms with E-state index in [-0.39, 0.29) is 0 Å². The second-order valence-corrected chi connectivity index (χ2v) is 4.05. The van der Waals surface area contributed by atoms with Crippen molar-refractivity contribution in [2.75, 3.05) is 0 Å². The fourth-order valence-electron chi connectivity index (χ4n) is 0.920. The lowest BCUT2D eigenvalue weighted by molar-refractivity contribution is 0.401.